The van der Waals surface area contributed by atoms with Crippen molar-refractivity contribution in [3.05, 3.63) is 46.9 Å². The Balaban J connectivity index is 1.69. The van der Waals surface area contributed by atoms with Gasteiger partial charge in [0.15, 0.2) is 0 Å². The Hall–Kier alpha value is -2.47. The molecule has 2 aliphatic rings. The quantitative estimate of drug-likeness (QED) is 0.901. The Labute approximate surface area is 160 Å². The summed E-state index contributed by atoms with van der Waals surface area (Å²) in [5, 5.41) is 3.43. The lowest BCUT2D eigenvalue weighted by Gasteiger charge is -2.31. The van der Waals surface area contributed by atoms with Crippen LogP contribution in [0.5, 0.6) is 5.75 Å². The minimum absolute atomic E-state index is 0.121. The molecular formula is C21H26N4O2. The van der Waals surface area contributed by atoms with Gasteiger partial charge in [-0.1, -0.05) is 12.1 Å². The van der Waals surface area contributed by atoms with Crippen molar-refractivity contribution in [3.63, 3.8) is 0 Å². The number of aromatic nitrogens is 2. The van der Waals surface area contributed by atoms with Gasteiger partial charge in [-0.25, -0.2) is 9.97 Å². The number of ether oxygens (including phenoxy) is 1. The molecular weight excluding hydrogens is 340 g/mol. The number of hydrogen-bond donors (Lipinski definition) is 1. The third-order valence-corrected chi connectivity index (χ3v) is 5.49. The third-order valence-electron chi connectivity index (χ3n) is 5.49. The normalized spacial score (nSPS) is 19.7. The second-order valence-corrected chi connectivity index (χ2v) is 7.34. The van der Waals surface area contributed by atoms with Gasteiger partial charge in [0, 0.05) is 30.1 Å². The Morgan fingerprint density at radius 3 is 2.96 bits per heavy atom. The molecule has 4 rings (SSSR count). The van der Waals surface area contributed by atoms with Crippen molar-refractivity contribution in [1.82, 2.24) is 15.3 Å². The summed E-state index contributed by atoms with van der Waals surface area (Å²) in [6, 6.07) is 7.86. The number of carbonyl (C=O) groups excluding carboxylic acids is 1. The van der Waals surface area contributed by atoms with E-state index in [2.05, 4.69) is 5.32 Å². The van der Waals surface area contributed by atoms with Gasteiger partial charge in [-0.2, -0.15) is 0 Å². The van der Waals surface area contributed by atoms with Gasteiger partial charge in [-0.3, -0.25) is 9.69 Å². The van der Waals surface area contributed by atoms with E-state index in [4.69, 9.17) is 14.7 Å². The highest BCUT2D eigenvalue weighted by atomic mass is 16.5. The summed E-state index contributed by atoms with van der Waals surface area (Å²) in [7, 11) is 1.65. The first-order valence-electron chi connectivity index (χ1n) is 9.67. The lowest BCUT2D eigenvalue weighted by molar-refractivity contribution is -0.119. The van der Waals surface area contributed by atoms with E-state index in [1.54, 1.807) is 7.11 Å². The van der Waals surface area contributed by atoms with Crippen LogP contribution in [0.1, 0.15) is 47.8 Å². The zero-order valence-corrected chi connectivity index (χ0v) is 16.0. The summed E-state index contributed by atoms with van der Waals surface area (Å²) in [6.07, 6.45) is 3.45. The molecule has 6 heteroatoms. The molecule has 1 saturated heterocycles. The molecule has 6 nitrogen and oxygen atoms in total. The Morgan fingerprint density at radius 2 is 2.19 bits per heavy atom. The molecule has 142 valence electrons. The van der Waals surface area contributed by atoms with Crippen LogP contribution in [0, 0.1) is 6.92 Å². The average molecular weight is 366 g/mol. The molecule has 0 spiro atoms. The summed E-state index contributed by atoms with van der Waals surface area (Å²) < 4.78 is 5.32. The molecule has 0 unspecified atom stereocenters. The average Bonchev–Trinajstić information content (AvgIpc) is 2.71. The standard InChI is InChI=1S/C21H26N4O2/c1-14-18-8-9-19(26)25(13-15-5-3-7-17(11-15)27-2)21(18)24-20(23-14)16-6-4-10-22-12-16/h3,5,7,11,16,22H,4,6,8-10,12-13H2,1-2H3/t16-/m0/s1. The lowest BCUT2D eigenvalue weighted by atomic mass is 9.97. The number of piperidine rings is 1. The number of methoxy groups -OCH3 is 1. The molecule has 1 amide bonds. The van der Waals surface area contributed by atoms with Crippen LogP contribution in [-0.2, 0) is 17.8 Å². The number of rotatable bonds is 4. The summed E-state index contributed by atoms with van der Waals surface area (Å²) in [4.78, 5) is 24.2. The SMILES string of the molecule is COc1cccc(CN2C(=O)CCc3c(C)nc([C@H]4CCCNC4)nc32)c1. The first kappa shape index (κ1) is 17.9. The second kappa shape index (κ2) is 7.64. The highest BCUT2D eigenvalue weighted by Crippen LogP contribution is 2.32. The van der Waals surface area contributed by atoms with Crippen molar-refractivity contribution in [3.8, 4) is 5.75 Å². The number of nitrogens with one attached hydrogen (secondary N) is 1. The number of aryl methyl sites for hydroxylation is 1. The minimum atomic E-state index is 0.121. The van der Waals surface area contributed by atoms with Crippen LogP contribution in [0.4, 0.5) is 5.82 Å². The highest BCUT2D eigenvalue weighted by Gasteiger charge is 2.30. The smallest absolute Gasteiger partial charge is 0.228 e. The van der Waals surface area contributed by atoms with Crippen LogP contribution in [0.2, 0.25) is 0 Å². The molecule has 3 heterocycles. The van der Waals surface area contributed by atoms with Gasteiger partial charge in [0.25, 0.3) is 0 Å². The van der Waals surface area contributed by atoms with E-state index in [0.717, 1.165) is 66.6 Å². The molecule has 2 aliphatic heterocycles. The fourth-order valence-electron chi connectivity index (χ4n) is 3.97. The van der Waals surface area contributed by atoms with Gasteiger partial charge in [0.1, 0.15) is 17.4 Å². The molecule has 1 fully saturated rings. The van der Waals surface area contributed by atoms with Crippen LogP contribution < -0.4 is 15.0 Å². The maximum atomic E-state index is 12.7. The van der Waals surface area contributed by atoms with Crippen molar-refractivity contribution in [2.45, 2.75) is 45.1 Å². The molecule has 1 aromatic carbocycles. The van der Waals surface area contributed by atoms with Gasteiger partial charge in [-0.15, -0.1) is 0 Å². The number of anilines is 1. The molecule has 0 radical (unpaired) electrons. The molecule has 0 saturated carbocycles. The molecule has 2 aromatic rings. The van der Waals surface area contributed by atoms with Crippen LogP contribution in [0.15, 0.2) is 24.3 Å². The number of carbonyl (C=O) groups is 1. The lowest BCUT2D eigenvalue weighted by Crippen LogP contribution is -2.37. The largest absolute Gasteiger partial charge is 0.497 e. The predicted octanol–water partition coefficient (Wildman–Crippen LogP) is 2.74. The van der Waals surface area contributed by atoms with Gasteiger partial charge in [0.2, 0.25) is 5.91 Å². The van der Waals surface area contributed by atoms with Crippen molar-refractivity contribution in [1.29, 1.82) is 0 Å². The maximum Gasteiger partial charge on any atom is 0.228 e. The van der Waals surface area contributed by atoms with Crippen molar-refractivity contribution >= 4 is 11.7 Å². The summed E-state index contributed by atoms with van der Waals surface area (Å²) >= 11 is 0. The fraction of sp³-hybridized carbons (Fsp3) is 0.476. The maximum absolute atomic E-state index is 12.7. The zero-order chi connectivity index (χ0) is 18.8. The van der Waals surface area contributed by atoms with Crippen LogP contribution in [0.3, 0.4) is 0 Å². The number of hydrogen-bond acceptors (Lipinski definition) is 5. The fourth-order valence-corrected chi connectivity index (χ4v) is 3.97. The first-order chi connectivity index (χ1) is 13.2. The predicted molar refractivity (Wildman–Crippen MR) is 104 cm³/mol. The molecule has 1 N–H and O–H groups in total. The van der Waals surface area contributed by atoms with E-state index in [9.17, 15) is 4.79 Å². The number of amides is 1. The second-order valence-electron chi connectivity index (χ2n) is 7.34. The minimum Gasteiger partial charge on any atom is -0.497 e. The van der Waals surface area contributed by atoms with E-state index in [-0.39, 0.29) is 5.91 Å². The topological polar surface area (TPSA) is 67.3 Å². The van der Waals surface area contributed by atoms with Crippen LogP contribution in [-0.4, -0.2) is 36.1 Å². The molecule has 27 heavy (non-hydrogen) atoms. The molecule has 0 bridgehead atoms. The number of fused-ring (bicyclic) bond motifs is 1. The Morgan fingerprint density at radius 1 is 1.30 bits per heavy atom. The summed E-state index contributed by atoms with van der Waals surface area (Å²) in [6.45, 7) is 4.50. The highest BCUT2D eigenvalue weighted by molar-refractivity contribution is 5.95. The molecule has 1 atom stereocenters. The number of nitrogens with zero attached hydrogens (tertiary/aromatic N) is 3. The van der Waals surface area contributed by atoms with Crippen LogP contribution >= 0.6 is 0 Å². The Kier molecular flexibility index (Phi) is 5.07. The monoisotopic (exact) mass is 366 g/mol. The van der Waals surface area contributed by atoms with E-state index in [0.29, 0.717) is 18.9 Å². The van der Waals surface area contributed by atoms with Gasteiger partial charge < -0.3 is 10.1 Å². The first-order valence-corrected chi connectivity index (χ1v) is 9.67. The van der Waals surface area contributed by atoms with Crippen LogP contribution in [0.25, 0.3) is 0 Å². The van der Waals surface area contributed by atoms with Crippen molar-refractivity contribution in [2.24, 2.45) is 0 Å². The Bertz CT molecular complexity index is 846. The number of benzene rings is 1. The van der Waals surface area contributed by atoms with Gasteiger partial charge in [0.05, 0.1) is 13.7 Å². The summed E-state index contributed by atoms with van der Waals surface area (Å²) in [5.74, 6) is 2.89. The summed E-state index contributed by atoms with van der Waals surface area (Å²) in [5.41, 5.74) is 3.14. The third kappa shape index (κ3) is 3.67. The van der Waals surface area contributed by atoms with Crippen molar-refractivity contribution < 1.29 is 9.53 Å². The van der Waals surface area contributed by atoms with E-state index >= 15 is 0 Å². The van der Waals surface area contributed by atoms with E-state index in [1.165, 1.54) is 0 Å². The zero-order valence-electron chi connectivity index (χ0n) is 16.0. The van der Waals surface area contributed by atoms with E-state index < -0.39 is 0 Å². The van der Waals surface area contributed by atoms with Gasteiger partial charge in [-0.05, 0) is 50.4 Å². The molecule has 1 aromatic heterocycles. The van der Waals surface area contributed by atoms with Crippen molar-refractivity contribution in [2.75, 3.05) is 25.1 Å². The molecule has 0 aliphatic carbocycles. The van der Waals surface area contributed by atoms with E-state index in [1.807, 2.05) is 36.1 Å². The van der Waals surface area contributed by atoms with Gasteiger partial charge >= 0.3 is 0 Å².